The first-order valence-electron chi connectivity index (χ1n) is 5.61. The minimum Gasteiger partial charge on any atom is -0.337 e. The molecule has 1 amide bonds. The summed E-state index contributed by atoms with van der Waals surface area (Å²) >= 11 is 5.71. The van der Waals surface area contributed by atoms with Crippen molar-refractivity contribution in [1.82, 2.24) is 4.90 Å². The molecule has 16 heavy (non-hydrogen) atoms. The van der Waals surface area contributed by atoms with Gasteiger partial charge < -0.3 is 4.90 Å². The van der Waals surface area contributed by atoms with E-state index in [2.05, 4.69) is 6.92 Å². The van der Waals surface area contributed by atoms with E-state index in [1.807, 2.05) is 36.1 Å². The van der Waals surface area contributed by atoms with Crippen LogP contribution in [0.2, 0.25) is 0 Å². The molecule has 0 N–H and O–H groups in total. The molecule has 1 aromatic rings. The van der Waals surface area contributed by atoms with Crippen LogP contribution in [0.5, 0.6) is 0 Å². The van der Waals surface area contributed by atoms with Crippen LogP contribution in [0.4, 0.5) is 0 Å². The van der Waals surface area contributed by atoms with Crippen LogP contribution in [0, 0.1) is 6.92 Å². The number of hydrogen-bond acceptors (Lipinski definition) is 1. The normalized spacial score (nSPS) is 10.2. The zero-order chi connectivity index (χ0) is 12.0. The second-order valence-electron chi connectivity index (χ2n) is 3.80. The molecule has 0 saturated heterocycles. The lowest BCUT2D eigenvalue weighted by Crippen LogP contribution is -2.33. The van der Waals surface area contributed by atoms with Crippen molar-refractivity contribution in [3.8, 4) is 0 Å². The minimum absolute atomic E-state index is 0.0839. The molecule has 3 heteroatoms. The van der Waals surface area contributed by atoms with Crippen LogP contribution in [-0.4, -0.2) is 29.8 Å². The van der Waals surface area contributed by atoms with Gasteiger partial charge in [0.05, 0.1) is 0 Å². The van der Waals surface area contributed by atoms with Crippen LogP contribution >= 0.6 is 11.6 Å². The molecular formula is C13H18ClNO. The smallest absolute Gasteiger partial charge is 0.254 e. The molecule has 0 atom stereocenters. The maximum atomic E-state index is 12.2. The maximum Gasteiger partial charge on any atom is 0.254 e. The van der Waals surface area contributed by atoms with E-state index >= 15 is 0 Å². The summed E-state index contributed by atoms with van der Waals surface area (Å²) < 4.78 is 0. The van der Waals surface area contributed by atoms with E-state index in [1.54, 1.807) is 0 Å². The van der Waals surface area contributed by atoms with Gasteiger partial charge in [0.2, 0.25) is 0 Å². The molecule has 0 aliphatic rings. The lowest BCUT2D eigenvalue weighted by molar-refractivity contribution is 0.0765. The highest BCUT2D eigenvalue weighted by Crippen LogP contribution is 2.11. The first kappa shape index (κ1) is 13.0. The van der Waals surface area contributed by atoms with Gasteiger partial charge in [-0.25, -0.2) is 0 Å². The summed E-state index contributed by atoms with van der Waals surface area (Å²) in [4.78, 5) is 14.0. The van der Waals surface area contributed by atoms with Gasteiger partial charge in [0, 0.05) is 24.5 Å². The van der Waals surface area contributed by atoms with E-state index in [9.17, 15) is 4.79 Å². The van der Waals surface area contributed by atoms with Crippen LogP contribution in [-0.2, 0) is 0 Å². The Morgan fingerprint density at radius 2 is 2.00 bits per heavy atom. The van der Waals surface area contributed by atoms with Crippen LogP contribution in [0.15, 0.2) is 24.3 Å². The second-order valence-corrected chi connectivity index (χ2v) is 4.17. The molecule has 0 unspecified atom stereocenters. The third-order valence-electron chi connectivity index (χ3n) is 2.51. The molecule has 0 spiro atoms. The average Bonchev–Trinajstić information content (AvgIpc) is 2.28. The average molecular weight is 240 g/mol. The number of carbonyl (C=O) groups excluding carboxylic acids is 1. The standard InChI is InChI=1S/C13H18ClNO/c1-3-9-15(10-8-14)13(16)12-7-5-4-6-11(12)2/h4-7H,3,8-10H2,1-2H3. The van der Waals surface area contributed by atoms with Crippen LogP contribution < -0.4 is 0 Å². The quantitative estimate of drug-likeness (QED) is 0.724. The number of nitrogens with zero attached hydrogens (tertiary/aromatic N) is 1. The van der Waals surface area contributed by atoms with E-state index in [1.165, 1.54) is 0 Å². The monoisotopic (exact) mass is 239 g/mol. The molecule has 0 aliphatic heterocycles. The zero-order valence-electron chi connectivity index (χ0n) is 9.87. The van der Waals surface area contributed by atoms with Crippen LogP contribution in [0.3, 0.4) is 0 Å². The molecular weight excluding hydrogens is 222 g/mol. The Hall–Kier alpha value is -1.02. The first-order chi connectivity index (χ1) is 7.70. The number of carbonyl (C=O) groups is 1. The van der Waals surface area contributed by atoms with Gasteiger partial charge >= 0.3 is 0 Å². The van der Waals surface area contributed by atoms with E-state index < -0.39 is 0 Å². The Morgan fingerprint density at radius 3 is 2.56 bits per heavy atom. The lowest BCUT2D eigenvalue weighted by atomic mass is 10.1. The topological polar surface area (TPSA) is 20.3 Å². The van der Waals surface area contributed by atoms with Crippen molar-refractivity contribution in [2.75, 3.05) is 19.0 Å². The molecule has 0 aliphatic carbocycles. The molecule has 0 heterocycles. The van der Waals surface area contributed by atoms with Gasteiger partial charge in [-0.2, -0.15) is 0 Å². The predicted octanol–water partition coefficient (Wildman–Crippen LogP) is 3.09. The molecule has 0 aromatic heterocycles. The fourth-order valence-corrected chi connectivity index (χ4v) is 1.87. The van der Waals surface area contributed by atoms with E-state index in [0.29, 0.717) is 12.4 Å². The number of hydrogen-bond donors (Lipinski definition) is 0. The van der Waals surface area contributed by atoms with Crippen molar-refractivity contribution in [2.45, 2.75) is 20.3 Å². The van der Waals surface area contributed by atoms with Gasteiger partial charge in [0.25, 0.3) is 5.91 Å². The van der Waals surface area contributed by atoms with Crippen LogP contribution in [0.25, 0.3) is 0 Å². The Kier molecular flexibility index (Phi) is 5.33. The van der Waals surface area contributed by atoms with Gasteiger partial charge in [-0.05, 0) is 25.0 Å². The van der Waals surface area contributed by atoms with E-state index in [0.717, 1.165) is 24.1 Å². The van der Waals surface area contributed by atoms with Crippen LogP contribution in [0.1, 0.15) is 29.3 Å². The largest absolute Gasteiger partial charge is 0.337 e. The summed E-state index contributed by atoms with van der Waals surface area (Å²) in [5.74, 6) is 0.568. The van der Waals surface area contributed by atoms with E-state index in [4.69, 9.17) is 11.6 Å². The van der Waals surface area contributed by atoms with E-state index in [-0.39, 0.29) is 5.91 Å². The summed E-state index contributed by atoms with van der Waals surface area (Å²) in [5.41, 5.74) is 1.80. The molecule has 2 nitrogen and oxygen atoms in total. The zero-order valence-corrected chi connectivity index (χ0v) is 10.6. The number of rotatable bonds is 5. The summed E-state index contributed by atoms with van der Waals surface area (Å²) in [7, 11) is 0. The van der Waals surface area contributed by atoms with Crippen molar-refractivity contribution in [1.29, 1.82) is 0 Å². The van der Waals surface area contributed by atoms with Gasteiger partial charge in [-0.3, -0.25) is 4.79 Å². The SMILES string of the molecule is CCCN(CCCl)C(=O)c1ccccc1C. The van der Waals surface area contributed by atoms with Gasteiger partial charge in [0.15, 0.2) is 0 Å². The van der Waals surface area contributed by atoms with Crippen molar-refractivity contribution < 1.29 is 4.79 Å². The minimum atomic E-state index is 0.0839. The molecule has 0 bridgehead atoms. The summed E-state index contributed by atoms with van der Waals surface area (Å²) in [6.07, 6.45) is 0.953. The Labute approximate surface area is 102 Å². The number of amides is 1. The third-order valence-corrected chi connectivity index (χ3v) is 2.68. The van der Waals surface area contributed by atoms with Crippen molar-refractivity contribution in [3.05, 3.63) is 35.4 Å². The van der Waals surface area contributed by atoms with Gasteiger partial charge in [-0.15, -0.1) is 11.6 Å². The molecule has 0 saturated carbocycles. The van der Waals surface area contributed by atoms with Crippen molar-refractivity contribution in [2.24, 2.45) is 0 Å². The third kappa shape index (κ3) is 3.24. The van der Waals surface area contributed by atoms with Gasteiger partial charge in [-0.1, -0.05) is 25.1 Å². The number of benzene rings is 1. The second kappa shape index (κ2) is 6.54. The summed E-state index contributed by atoms with van der Waals surface area (Å²) in [5, 5.41) is 0. The highest BCUT2D eigenvalue weighted by Gasteiger charge is 2.15. The number of alkyl halides is 1. The molecule has 0 radical (unpaired) electrons. The fourth-order valence-electron chi connectivity index (χ4n) is 1.67. The number of aryl methyl sites for hydroxylation is 1. The van der Waals surface area contributed by atoms with Crippen molar-refractivity contribution in [3.63, 3.8) is 0 Å². The Bertz CT molecular complexity index is 346. The Morgan fingerprint density at radius 1 is 1.31 bits per heavy atom. The number of halogens is 1. The molecule has 1 rings (SSSR count). The maximum absolute atomic E-state index is 12.2. The molecule has 0 fully saturated rings. The highest BCUT2D eigenvalue weighted by atomic mass is 35.5. The molecule has 1 aromatic carbocycles. The lowest BCUT2D eigenvalue weighted by Gasteiger charge is -2.21. The highest BCUT2D eigenvalue weighted by molar-refractivity contribution is 6.18. The summed E-state index contributed by atoms with van der Waals surface area (Å²) in [6, 6.07) is 7.66. The van der Waals surface area contributed by atoms with Gasteiger partial charge in [0.1, 0.15) is 0 Å². The van der Waals surface area contributed by atoms with Crippen molar-refractivity contribution >= 4 is 17.5 Å². The Balaban J connectivity index is 2.85. The molecule has 88 valence electrons. The summed E-state index contributed by atoms with van der Waals surface area (Å²) in [6.45, 7) is 5.40. The fraction of sp³-hybridized carbons (Fsp3) is 0.462. The first-order valence-corrected chi connectivity index (χ1v) is 6.15. The predicted molar refractivity (Wildman–Crippen MR) is 68.1 cm³/mol.